The number of hydrogen-bond donors (Lipinski definition) is 0. The smallest absolute Gasteiger partial charge is 0.328 e. The van der Waals surface area contributed by atoms with Gasteiger partial charge in [-0.3, -0.25) is 0 Å². The van der Waals surface area contributed by atoms with Crippen LogP contribution in [0.15, 0.2) is 161 Å². The Morgan fingerprint density at radius 1 is 0.397 bits per heavy atom. The van der Waals surface area contributed by atoms with Crippen molar-refractivity contribution >= 4 is 35.3 Å². The van der Waals surface area contributed by atoms with E-state index in [4.69, 9.17) is 19.4 Å². The van der Waals surface area contributed by atoms with Gasteiger partial charge in [-0.25, -0.2) is 14.4 Å². The molecule has 7 rings (SSSR count). The van der Waals surface area contributed by atoms with Crippen molar-refractivity contribution in [3.05, 3.63) is 190 Å². The molecule has 0 amide bonds. The largest absolute Gasteiger partial charge is 0.424 e. The van der Waals surface area contributed by atoms with Crippen molar-refractivity contribution in [2.45, 2.75) is 64.2 Å². The minimum absolute atomic E-state index is 0.0774. The molecule has 0 radical (unpaired) electrons. The fraction of sp³-hybridized carbons (Fsp3) is 0.192. The first-order valence-electron chi connectivity index (χ1n) is 20.2. The summed E-state index contributed by atoms with van der Waals surface area (Å²) in [6, 6.07) is 46.5. The zero-order chi connectivity index (χ0) is 44.6. The van der Waals surface area contributed by atoms with E-state index in [2.05, 4.69) is 85.8 Å². The molecule has 6 aromatic carbocycles. The van der Waals surface area contributed by atoms with E-state index in [1.54, 1.807) is 42.5 Å². The average Bonchev–Trinajstić information content (AvgIpc) is 3.28. The predicted molar refractivity (Wildman–Crippen MR) is 241 cm³/mol. The third-order valence-corrected chi connectivity index (χ3v) is 11.5. The molecule has 0 saturated carbocycles. The molecule has 0 bridgehead atoms. The van der Waals surface area contributed by atoms with Gasteiger partial charge in [-0.05, 0) is 99.6 Å². The second-order valence-electron chi connectivity index (χ2n) is 16.6. The Labute approximate surface area is 366 Å². The van der Waals surface area contributed by atoms with Crippen LogP contribution < -0.4 is 9.47 Å². The maximum atomic E-state index is 10.7. The highest BCUT2D eigenvalue weighted by molar-refractivity contribution is 5.53. The molecule has 63 heavy (non-hydrogen) atoms. The first-order chi connectivity index (χ1) is 30.3. The van der Waals surface area contributed by atoms with Crippen LogP contribution in [0.5, 0.6) is 23.5 Å². The average molecular weight is 833 g/mol. The zero-order valence-corrected chi connectivity index (χ0v) is 35.8. The lowest BCUT2D eigenvalue weighted by molar-refractivity contribution is 0.393. The third-order valence-electron chi connectivity index (χ3n) is 11.5. The van der Waals surface area contributed by atoms with Crippen LogP contribution in [0, 0.1) is 0 Å². The molecule has 0 aliphatic carbocycles. The number of nitrogens with zero attached hydrogens (tertiary/aromatic N) is 6. The minimum Gasteiger partial charge on any atom is -0.424 e. The number of aliphatic imine (C=N–C) groups is 3. The molecule has 1 aromatic heterocycles. The Morgan fingerprint density at radius 3 is 0.952 bits per heavy atom. The molecule has 7 aromatic rings. The number of ether oxygens (including phenoxy) is 2. The van der Waals surface area contributed by atoms with Gasteiger partial charge in [-0.15, -0.1) is 4.98 Å². The van der Waals surface area contributed by atoms with Crippen molar-refractivity contribution in [1.82, 2.24) is 15.0 Å². The van der Waals surface area contributed by atoms with E-state index < -0.39 is 0 Å². The zero-order valence-electron chi connectivity index (χ0n) is 35.8. The predicted octanol–water partition coefficient (Wildman–Crippen LogP) is 11.9. The van der Waals surface area contributed by atoms with Crippen LogP contribution in [0.3, 0.4) is 0 Å². The van der Waals surface area contributed by atoms with Crippen LogP contribution in [-0.4, -0.2) is 33.2 Å². The van der Waals surface area contributed by atoms with E-state index in [0.717, 1.165) is 38.9 Å². The van der Waals surface area contributed by atoms with Gasteiger partial charge >= 0.3 is 12.0 Å². The van der Waals surface area contributed by atoms with Crippen LogP contribution in [-0.2, 0) is 37.0 Å². The van der Waals surface area contributed by atoms with Crippen LogP contribution >= 0.6 is 0 Å². The fourth-order valence-electron chi connectivity index (χ4n) is 7.38. The molecule has 0 atom stereocenters. The van der Waals surface area contributed by atoms with Crippen LogP contribution in [0.4, 0.5) is 17.1 Å². The molecule has 0 N–H and O–H groups in total. The minimum atomic E-state index is -0.355. The van der Waals surface area contributed by atoms with E-state index in [0.29, 0.717) is 40.8 Å². The molecule has 312 valence electrons. The quantitative estimate of drug-likeness (QED) is 0.0733. The highest BCUT2D eigenvalue weighted by Crippen LogP contribution is 2.37. The number of hydrogen-bond acceptors (Lipinski definition) is 11. The lowest BCUT2D eigenvalue weighted by Crippen LogP contribution is -2.18. The number of aromatic nitrogens is 3. The van der Waals surface area contributed by atoms with E-state index >= 15 is 0 Å². The molecule has 0 spiro atoms. The Morgan fingerprint density at radius 2 is 0.667 bits per heavy atom. The summed E-state index contributed by atoms with van der Waals surface area (Å²) in [5.41, 5.74) is 7.99. The Hall–Kier alpha value is -7.93. The summed E-state index contributed by atoms with van der Waals surface area (Å²) in [6.07, 6.45) is 5.13. The SMILES string of the molecule is CC(C)(c1ccc(Cc2nc(Oc3ccc(C(C)(C)c4ccc(N=C=O)cc4)cc3)nc(Oc3ccc(C(C)(C)c4ccc(N=C=O)cc4)cc3)n2)cc1)c1ccc(N=C=O)cc1. The third kappa shape index (κ3) is 10.0. The molecule has 11 nitrogen and oxygen atoms in total. The number of rotatable bonds is 15. The molecular weight excluding hydrogens is 789 g/mol. The molecule has 11 heteroatoms. The number of isocyanates is 3. The molecule has 0 saturated heterocycles. The number of benzene rings is 6. The Balaban J connectivity index is 1.14. The summed E-state index contributed by atoms with van der Waals surface area (Å²) in [5.74, 6) is 1.51. The standard InChI is InChI=1S/C52H44N6O5/c1-50(2,37-11-21-42(22-12-37)53-32-59)36-9-7-35(8-10-36)31-47-56-48(62-45-27-17-40(18-28-45)51(3,4)38-13-23-43(24-14-38)54-33-60)58-49(57-47)63-46-29-19-41(20-30-46)52(5,6)39-15-25-44(26-16-39)55-34-61/h7-30H,31H2,1-6H3. The maximum Gasteiger partial charge on any atom is 0.328 e. The van der Waals surface area contributed by atoms with Gasteiger partial charge in [0, 0.05) is 22.7 Å². The van der Waals surface area contributed by atoms with Crippen LogP contribution in [0.25, 0.3) is 0 Å². The second kappa shape index (κ2) is 18.4. The van der Waals surface area contributed by atoms with Gasteiger partial charge < -0.3 is 9.47 Å². The van der Waals surface area contributed by atoms with Gasteiger partial charge in [-0.2, -0.15) is 24.9 Å². The van der Waals surface area contributed by atoms with Crippen LogP contribution in [0.2, 0.25) is 0 Å². The summed E-state index contributed by atoms with van der Waals surface area (Å²) >= 11 is 0. The van der Waals surface area contributed by atoms with Crippen molar-refractivity contribution in [2.75, 3.05) is 0 Å². The van der Waals surface area contributed by atoms with Gasteiger partial charge in [0.15, 0.2) is 0 Å². The van der Waals surface area contributed by atoms with Crippen molar-refractivity contribution in [1.29, 1.82) is 0 Å². The Bertz CT molecular complexity index is 2530. The first-order valence-corrected chi connectivity index (χ1v) is 20.2. The van der Waals surface area contributed by atoms with E-state index in [9.17, 15) is 14.4 Å². The van der Waals surface area contributed by atoms with Crippen molar-refractivity contribution in [3.63, 3.8) is 0 Å². The van der Waals surface area contributed by atoms with Crippen molar-refractivity contribution in [3.8, 4) is 23.5 Å². The highest BCUT2D eigenvalue weighted by atomic mass is 16.5. The van der Waals surface area contributed by atoms with E-state index in [1.165, 1.54) is 0 Å². The van der Waals surface area contributed by atoms with Crippen molar-refractivity contribution < 1.29 is 23.9 Å². The van der Waals surface area contributed by atoms with Gasteiger partial charge in [0.05, 0.1) is 17.1 Å². The van der Waals surface area contributed by atoms with Gasteiger partial charge in [0.25, 0.3) is 0 Å². The summed E-state index contributed by atoms with van der Waals surface area (Å²) in [7, 11) is 0. The lowest BCUT2D eigenvalue weighted by Gasteiger charge is -2.26. The van der Waals surface area contributed by atoms with Gasteiger partial charge in [0.1, 0.15) is 17.3 Å². The topological polar surface area (TPSA) is 145 Å². The monoisotopic (exact) mass is 832 g/mol. The van der Waals surface area contributed by atoms with Crippen LogP contribution in [0.1, 0.15) is 86.3 Å². The molecular formula is C52H44N6O5. The van der Waals surface area contributed by atoms with Gasteiger partial charge in [-0.1, -0.05) is 126 Å². The lowest BCUT2D eigenvalue weighted by atomic mass is 9.78. The normalized spacial score (nSPS) is 11.4. The molecule has 1 heterocycles. The highest BCUT2D eigenvalue weighted by Gasteiger charge is 2.26. The van der Waals surface area contributed by atoms with E-state index in [1.807, 2.05) is 97.1 Å². The summed E-state index contributed by atoms with van der Waals surface area (Å²) in [4.78, 5) is 57.3. The molecule has 0 aliphatic heterocycles. The summed E-state index contributed by atoms with van der Waals surface area (Å²) < 4.78 is 12.6. The first kappa shape index (κ1) is 43.2. The summed E-state index contributed by atoms with van der Waals surface area (Å²) in [6.45, 7) is 12.8. The number of carbonyl (C=O) groups excluding carboxylic acids is 3. The molecule has 0 aliphatic rings. The maximum absolute atomic E-state index is 10.7. The van der Waals surface area contributed by atoms with Crippen molar-refractivity contribution in [2.24, 2.45) is 15.0 Å². The molecule has 0 fully saturated rings. The van der Waals surface area contributed by atoms with E-state index in [-0.39, 0.29) is 28.3 Å². The Kier molecular flexibility index (Phi) is 12.6. The summed E-state index contributed by atoms with van der Waals surface area (Å²) in [5, 5.41) is 0. The fourth-order valence-corrected chi connectivity index (χ4v) is 7.38. The molecule has 0 unspecified atom stereocenters. The second-order valence-corrected chi connectivity index (χ2v) is 16.6. The van der Waals surface area contributed by atoms with Gasteiger partial charge in [0.2, 0.25) is 18.2 Å².